The number of benzene rings is 3. The molecule has 1 saturated heterocycles. The predicted octanol–water partition coefficient (Wildman–Crippen LogP) is 5.33. The first kappa shape index (κ1) is 25.2. The fourth-order valence-electron chi connectivity index (χ4n) is 4.63. The fourth-order valence-corrected chi connectivity index (χ4v) is 5.80. The summed E-state index contributed by atoms with van der Waals surface area (Å²) in [6, 6.07) is 16.0. The lowest BCUT2D eigenvalue weighted by atomic mass is 9.94. The number of anilines is 1. The third kappa shape index (κ3) is 4.20. The molecular weight excluding hydrogens is 504 g/mol. The van der Waals surface area contributed by atoms with Gasteiger partial charge in [0.2, 0.25) is 0 Å². The molecule has 1 N–H and O–H groups in total. The minimum atomic E-state index is -0.967. The number of Topliss-reactive ketones (excluding diaryl/α,β-unsaturated/α-hetero) is 1. The van der Waals surface area contributed by atoms with E-state index in [0.717, 1.165) is 21.3 Å². The zero-order chi connectivity index (χ0) is 27.1. The highest BCUT2D eigenvalue weighted by molar-refractivity contribution is 7.22. The molecule has 4 aromatic rings. The number of carbonyl (C=O) groups is 3. The van der Waals surface area contributed by atoms with Crippen molar-refractivity contribution in [2.45, 2.75) is 19.9 Å². The van der Waals surface area contributed by atoms with Crippen LogP contribution in [0.1, 0.15) is 38.7 Å². The van der Waals surface area contributed by atoms with Crippen LogP contribution in [0.5, 0.6) is 5.75 Å². The molecule has 0 radical (unpaired) electrons. The first-order valence-corrected chi connectivity index (χ1v) is 12.6. The Bertz CT molecular complexity index is 1620. The number of aliphatic hydroxyl groups excluding tert-OH is 1. The molecule has 1 aliphatic heterocycles. The van der Waals surface area contributed by atoms with Gasteiger partial charge in [0.25, 0.3) is 5.78 Å². The second-order valence-corrected chi connectivity index (χ2v) is 9.95. The molecule has 1 fully saturated rings. The van der Waals surface area contributed by atoms with E-state index in [-0.39, 0.29) is 11.3 Å². The molecule has 0 bridgehead atoms. The Hall–Kier alpha value is -4.50. The van der Waals surface area contributed by atoms with E-state index in [0.29, 0.717) is 27.6 Å². The van der Waals surface area contributed by atoms with E-state index in [4.69, 9.17) is 14.5 Å². The Kier molecular flexibility index (Phi) is 6.46. The molecule has 192 valence electrons. The molecule has 1 unspecified atom stereocenters. The minimum absolute atomic E-state index is 0.0712. The Morgan fingerprint density at radius 1 is 0.974 bits per heavy atom. The lowest BCUT2D eigenvalue weighted by Crippen LogP contribution is -2.29. The maximum Gasteiger partial charge on any atom is 0.337 e. The summed E-state index contributed by atoms with van der Waals surface area (Å²) in [5.41, 5.74) is 3.88. The fraction of sp³-hybridized carbons (Fsp3) is 0.172. The van der Waals surface area contributed by atoms with Gasteiger partial charge in [-0.05, 0) is 73.0 Å². The number of aryl methyl sites for hydroxylation is 2. The number of esters is 1. The number of methoxy groups -OCH3 is 2. The van der Waals surface area contributed by atoms with Crippen molar-refractivity contribution in [3.05, 3.63) is 94.1 Å². The van der Waals surface area contributed by atoms with Gasteiger partial charge < -0.3 is 14.6 Å². The summed E-state index contributed by atoms with van der Waals surface area (Å²) in [6.07, 6.45) is 0. The number of nitrogens with zero attached hydrogens (tertiary/aromatic N) is 2. The highest BCUT2D eigenvalue weighted by Gasteiger charge is 2.48. The highest BCUT2D eigenvalue weighted by atomic mass is 32.1. The molecule has 0 aliphatic carbocycles. The lowest BCUT2D eigenvalue weighted by Gasteiger charge is -2.23. The topological polar surface area (TPSA) is 106 Å². The molecule has 1 aliphatic rings. The smallest absolute Gasteiger partial charge is 0.337 e. The summed E-state index contributed by atoms with van der Waals surface area (Å²) in [5, 5.41) is 11.7. The van der Waals surface area contributed by atoms with Crippen molar-refractivity contribution in [2.24, 2.45) is 0 Å². The van der Waals surface area contributed by atoms with E-state index in [1.54, 1.807) is 48.5 Å². The maximum atomic E-state index is 13.5. The maximum absolute atomic E-state index is 13.5. The van der Waals surface area contributed by atoms with Crippen molar-refractivity contribution in [3.63, 3.8) is 0 Å². The molecule has 0 spiro atoms. The van der Waals surface area contributed by atoms with Gasteiger partial charge in [0.1, 0.15) is 11.5 Å². The Balaban J connectivity index is 1.71. The molecule has 9 heteroatoms. The van der Waals surface area contributed by atoms with Crippen molar-refractivity contribution in [3.8, 4) is 5.75 Å². The molecule has 38 heavy (non-hydrogen) atoms. The molecule has 1 amide bonds. The first-order valence-electron chi connectivity index (χ1n) is 11.7. The third-order valence-corrected chi connectivity index (χ3v) is 7.48. The quantitative estimate of drug-likeness (QED) is 0.161. The van der Waals surface area contributed by atoms with Gasteiger partial charge in [0.05, 0.1) is 41.6 Å². The average Bonchev–Trinajstić information content (AvgIpc) is 3.46. The van der Waals surface area contributed by atoms with Crippen LogP contribution in [0.3, 0.4) is 0 Å². The van der Waals surface area contributed by atoms with Crippen LogP contribution in [0.4, 0.5) is 5.13 Å². The van der Waals surface area contributed by atoms with Gasteiger partial charge in [0.15, 0.2) is 5.13 Å². The van der Waals surface area contributed by atoms with Crippen molar-refractivity contribution < 1.29 is 29.0 Å². The van der Waals surface area contributed by atoms with Crippen molar-refractivity contribution in [1.29, 1.82) is 0 Å². The summed E-state index contributed by atoms with van der Waals surface area (Å²) < 4.78 is 10.9. The summed E-state index contributed by atoms with van der Waals surface area (Å²) in [7, 11) is 2.82. The zero-order valence-electron chi connectivity index (χ0n) is 21.1. The number of ether oxygens (including phenoxy) is 2. The van der Waals surface area contributed by atoms with E-state index in [1.807, 2.05) is 26.0 Å². The van der Waals surface area contributed by atoms with E-state index in [2.05, 4.69) is 0 Å². The van der Waals surface area contributed by atoms with Crippen LogP contribution >= 0.6 is 11.3 Å². The van der Waals surface area contributed by atoms with Gasteiger partial charge in [-0.15, -0.1) is 0 Å². The number of amides is 1. The largest absolute Gasteiger partial charge is 0.507 e. The molecule has 1 atom stereocenters. The van der Waals surface area contributed by atoms with E-state index in [1.165, 1.54) is 30.5 Å². The van der Waals surface area contributed by atoms with Gasteiger partial charge in [-0.3, -0.25) is 14.5 Å². The molecule has 0 saturated carbocycles. The average molecular weight is 529 g/mol. The molecule has 1 aromatic heterocycles. The number of aromatic nitrogens is 1. The molecular formula is C29H24N2O6S. The summed E-state index contributed by atoms with van der Waals surface area (Å²) >= 11 is 1.30. The Morgan fingerprint density at radius 3 is 2.26 bits per heavy atom. The van der Waals surface area contributed by atoms with Crippen molar-refractivity contribution in [2.75, 3.05) is 19.1 Å². The van der Waals surface area contributed by atoms with Crippen molar-refractivity contribution >= 4 is 50.1 Å². The Labute approximate surface area is 222 Å². The zero-order valence-corrected chi connectivity index (χ0v) is 22.0. The highest BCUT2D eigenvalue weighted by Crippen LogP contribution is 2.44. The molecule has 5 rings (SSSR count). The second kappa shape index (κ2) is 9.75. The summed E-state index contributed by atoms with van der Waals surface area (Å²) in [6.45, 7) is 3.93. The number of rotatable bonds is 5. The van der Waals surface area contributed by atoms with Crippen molar-refractivity contribution in [1.82, 2.24) is 4.98 Å². The van der Waals surface area contributed by atoms with Crippen LogP contribution in [0.2, 0.25) is 0 Å². The normalized spacial score (nSPS) is 16.7. The summed E-state index contributed by atoms with van der Waals surface area (Å²) in [5.74, 6) is -1.87. The number of ketones is 1. The second-order valence-electron chi connectivity index (χ2n) is 8.94. The lowest BCUT2D eigenvalue weighted by molar-refractivity contribution is -0.132. The van der Waals surface area contributed by atoms with Crippen LogP contribution in [0.25, 0.3) is 16.0 Å². The number of aliphatic hydroxyl groups is 1. The number of thiazole rings is 1. The SMILES string of the molecule is COC(=O)c1ccc(C2/C(=C(\O)c3ccc(OC)cc3)C(=O)C(=O)N2c2nc3c(C)cc(C)cc3s2)cc1. The first-order chi connectivity index (χ1) is 18.2. The van der Waals surface area contributed by atoms with Crippen LogP contribution in [0, 0.1) is 13.8 Å². The third-order valence-electron chi connectivity index (χ3n) is 6.48. The van der Waals surface area contributed by atoms with Crippen LogP contribution in [0.15, 0.2) is 66.2 Å². The minimum Gasteiger partial charge on any atom is -0.507 e. The van der Waals surface area contributed by atoms with Gasteiger partial charge in [-0.25, -0.2) is 9.78 Å². The van der Waals surface area contributed by atoms with Gasteiger partial charge in [0, 0.05) is 5.56 Å². The van der Waals surface area contributed by atoms with Crippen LogP contribution < -0.4 is 9.64 Å². The number of fused-ring (bicyclic) bond motifs is 1. The van der Waals surface area contributed by atoms with Gasteiger partial charge in [-0.1, -0.05) is 29.5 Å². The molecule has 3 aromatic carbocycles. The molecule has 2 heterocycles. The monoisotopic (exact) mass is 528 g/mol. The van der Waals surface area contributed by atoms with Crippen LogP contribution in [-0.4, -0.2) is 42.0 Å². The van der Waals surface area contributed by atoms with E-state index in [9.17, 15) is 19.5 Å². The van der Waals surface area contributed by atoms with Gasteiger partial charge >= 0.3 is 11.9 Å². The van der Waals surface area contributed by atoms with Crippen LogP contribution in [-0.2, 0) is 14.3 Å². The van der Waals surface area contributed by atoms with E-state index < -0.39 is 23.7 Å². The number of carbonyl (C=O) groups excluding carboxylic acids is 3. The van der Waals surface area contributed by atoms with Gasteiger partial charge in [-0.2, -0.15) is 0 Å². The van der Waals surface area contributed by atoms with E-state index >= 15 is 0 Å². The summed E-state index contributed by atoms with van der Waals surface area (Å²) in [4.78, 5) is 45.0. The Morgan fingerprint density at radius 2 is 1.63 bits per heavy atom. The number of hydrogen-bond acceptors (Lipinski definition) is 8. The predicted molar refractivity (Wildman–Crippen MR) is 145 cm³/mol. The molecule has 8 nitrogen and oxygen atoms in total. The standard InChI is InChI=1S/C29H24N2O6S/c1-15-13-16(2)23-21(14-15)38-29(30-23)31-24(17-5-7-19(8-6-17)28(35)37-4)22(26(33)27(31)34)25(32)18-9-11-20(36-3)12-10-18/h5-14,24,32H,1-4H3/b25-22+. The number of hydrogen-bond donors (Lipinski definition) is 1.